The van der Waals surface area contributed by atoms with Crippen molar-refractivity contribution in [2.24, 2.45) is 0 Å². The smallest absolute Gasteiger partial charge is 0.162 e. The minimum absolute atomic E-state index is 0.772. The largest absolute Gasteiger partial charge is 0.371 e. The van der Waals surface area contributed by atoms with Gasteiger partial charge < -0.3 is 9.88 Å². The first-order valence-electron chi connectivity index (χ1n) is 5.71. The topological polar surface area (TPSA) is 55.6 Å². The van der Waals surface area contributed by atoms with Crippen molar-refractivity contribution in [1.82, 2.24) is 19.5 Å². The first-order valence-corrected chi connectivity index (χ1v) is 5.71. The third-order valence-corrected chi connectivity index (χ3v) is 2.81. The van der Waals surface area contributed by atoms with Gasteiger partial charge in [0.2, 0.25) is 0 Å². The van der Waals surface area contributed by atoms with Crippen LogP contribution in [0.2, 0.25) is 0 Å². The second-order valence-corrected chi connectivity index (χ2v) is 3.88. The zero-order valence-electron chi connectivity index (χ0n) is 10.7. The van der Waals surface area contributed by atoms with Gasteiger partial charge in [-0.15, -0.1) is 0 Å². The number of hydrogen-bond acceptors (Lipinski definition) is 4. The average molecular weight is 231 g/mol. The van der Waals surface area contributed by atoms with Crippen molar-refractivity contribution in [2.75, 3.05) is 12.4 Å². The van der Waals surface area contributed by atoms with Gasteiger partial charge in [0.15, 0.2) is 11.6 Å². The van der Waals surface area contributed by atoms with Crippen molar-refractivity contribution in [3.8, 4) is 11.5 Å². The van der Waals surface area contributed by atoms with Crippen molar-refractivity contribution in [1.29, 1.82) is 0 Å². The molecule has 2 rings (SSSR count). The van der Waals surface area contributed by atoms with Crippen LogP contribution in [0.5, 0.6) is 0 Å². The van der Waals surface area contributed by atoms with Gasteiger partial charge in [0.05, 0.1) is 11.4 Å². The summed E-state index contributed by atoms with van der Waals surface area (Å²) in [5.74, 6) is 1.63. The van der Waals surface area contributed by atoms with Crippen LogP contribution in [0, 0.1) is 13.8 Å². The third-order valence-electron chi connectivity index (χ3n) is 2.81. The van der Waals surface area contributed by atoms with E-state index in [2.05, 4.69) is 31.8 Å². The van der Waals surface area contributed by atoms with E-state index in [0.717, 1.165) is 35.3 Å². The predicted molar refractivity (Wildman–Crippen MR) is 67.9 cm³/mol. The third kappa shape index (κ3) is 2.00. The lowest BCUT2D eigenvalue weighted by molar-refractivity contribution is 0.766. The summed E-state index contributed by atoms with van der Waals surface area (Å²) in [6.45, 7) is 6.87. The Balaban J connectivity index is 2.62. The molecule has 0 aliphatic carbocycles. The quantitative estimate of drug-likeness (QED) is 0.878. The van der Waals surface area contributed by atoms with Gasteiger partial charge in [-0.2, -0.15) is 0 Å². The molecule has 0 unspecified atom stereocenters. The van der Waals surface area contributed by atoms with Gasteiger partial charge in [-0.3, -0.25) is 0 Å². The summed E-state index contributed by atoms with van der Waals surface area (Å²) in [5.41, 5.74) is 2.68. The molecule has 0 aliphatic rings. The summed E-state index contributed by atoms with van der Waals surface area (Å²) < 4.78 is 2.06. The van der Waals surface area contributed by atoms with Crippen LogP contribution in [0.15, 0.2) is 12.4 Å². The number of nitrogens with zero attached hydrogens (tertiary/aromatic N) is 4. The monoisotopic (exact) mass is 231 g/mol. The lowest BCUT2D eigenvalue weighted by atomic mass is 10.3. The van der Waals surface area contributed by atoms with Gasteiger partial charge in [0, 0.05) is 26.0 Å². The molecule has 2 heterocycles. The minimum atomic E-state index is 0.772. The molecule has 0 fully saturated rings. The summed E-state index contributed by atoms with van der Waals surface area (Å²) in [6, 6.07) is 0. The van der Waals surface area contributed by atoms with Crippen LogP contribution in [0.1, 0.15) is 18.3 Å². The zero-order chi connectivity index (χ0) is 12.4. The first kappa shape index (κ1) is 11.6. The van der Waals surface area contributed by atoms with Crippen molar-refractivity contribution in [2.45, 2.75) is 27.3 Å². The maximum atomic E-state index is 4.59. The van der Waals surface area contributed by atoms with Gasteiger partial charge in [-0.05, 0) is 20.8 Å². The molecule has 0 spiro atoms. The number of rotatable bonds is 3. The fraction of sp³-hybridized carbons (Fsp3) is 0.417. The summed E-state index contributed by atoms with van der Waals surface area (Å²) in [6.07, 6.45) is 3.74. The molecule has 0 saturated heterocycles. The highest BCUT2D eigenvalue weighted by Crippen LogP contribution is 2.23. The molecule has 0 aliphatic heterocycles. The number of nitrogens with one attached hydrogen (secondary N) is 1. The molecule has 2 aromatic heterocycles. The molecule has 1 N–H and O–H groups in total. The van der Waals surface area contributed by atoms with Gasteiger partial charge in [0.1, 0.15) is 5.69 Å². The lowest BCUT2D eigenvalue weighted by Gasteiger charge is -2.11. The molecule has 5 heteroatoms. The van der Waals surface area contributed by atoms with E-state index in [0.29, 0.717) is 0 Å². The molecular weight excluding hydrogens is 214 g/mol. The van der Waals surface area contributed by atoms with Crippen LogP contribution in [0.25, 0.3) is 11.5 Å². The molecule has 0 bridgehead atoms. The summed E-state index contributed by atoms with van der Waals surface area (Å²) in [7, 11) is 1.85. The van der Waals surface area contributed by atoms with E-state index >= 15 is 0 Å². The van der Waals surface area contributed by atoms with E-state index in [4.69, 9.17) is 0 Å². The molecule has 0 amide bonds. The lowest BCUT2D eigenvalue weighted by Crippen LogP contribution is -2.06. The van der Waals surface area contributed by atoms with Crippen molar-refractivity contribution in [3.63, 3.8) is 0 Å². The molecule has 0 radical (unpaired) electrons. The Morgan fingerprint density at radius 3 is 2.59 bits per heavy atom. The second kappa shape index (κ2) is 4.53. The maximum Gasteiger partial charge on any atom is 0.162 e. The van der Waals surface area contributed by atoms with E-state index in [9.17, 15) is 0 Å². The molecule has 0 saturated carbocycles. The Hall–Kier alpha value is -1.91. The number of imidazole rings is 1. The zero-order valence-corrected chi connectivity index (χ0v) is 10.7. The fourth-order valence-corrected chi connectivity index (χ4v) is 1.71. The van der Waals surface area contributed by atoms with Crippen LogP contribution < -0.4 is 5.32 Å². The van der Waals surface area contributed by atoms with Crippen LogP contribution in [0.3, 0.4) is 0 Å². The van der Waals surface area contributed by atoms with Gasteiger partial charge in [0.25, 0.3) is 0 Å². The normalized spacial score (nSPS) is 10.6. The number of hydrogen-bond donors (Lipinski definition) is 1. The van der Waals surface area contributed by atoms with Gasteiger partial charge >= 0.3 is 0 Å². The standard InChI is InChI=1S/C12H17N5/c1-5-17-7-6-14-12(17)10-11(13-4)16-9(3)8(2)15-10/h6-7H,5H2,1-4H3,(H,13,16). The van der Waals surface area contributed by atoms with E-state index in [1.165, 1.54) is 0 Å². The summed E-state index contributed by atoms with van der Waals surface area (Å²) >= 11 is 0. The van der Waals surface area contributed by atoms with E-state index in [-0.39, 0.29) is 0 Å². The first-order chi connectivity index (χ1) is 8.17. The van der Waals surface area contributed by atoms with Crippen molar-refractivity contribution >= 4 is 5.82 Å². The van der Waals surface area contributed by atoms with Crippen molar-refractivity contribution < 1.29 is 0 Å². The van der Waals surface area contributed by atoms with Crippen LogP contribution in [-0.4, -0.2) is 26.6 Å². The SMILES string of the molecule is CCn1ccnc1-c1nc(C)c(C)nc1NC. The fourth-order valence-electron chi connectivity index (χ4n) is 1.71. The Bertz CT molecular complexity index is 530. The highest BCUT2D eigenvalue weighted by Gasteiger charge is 2.14. The second-order valence-electron chi connectivity index (χ2n) is 3.88. The summed E-state index contributed by atoms with van der Waals surface area (Å²) in [5, 5.41) is 3.08. The highest BCUT2D eigenvalue weighted by molar-refractivity contribution is 5.66. The van der Waals surface area contributed by atoms with Gasteiger partial charge in [-0.1, -0.05) is 0 Å². The molecule has 0 aromatic carbocycles. The molecular formula is C12H17N5. The molecule has 2 aromatic rings. The molecule has 5 nitrogen and oxygen atoms in total. The number of aryl methyl sites for hydroxylation is 3. The molecule has 17 heavy (non-hydrogen) atoms. The van der Waals surface area contributed by atoms with Crippen LogP contribution >= 0.6 is 0 Å². The average Bonchev–Trinajstić information content (AvgIpc) is 2.80. The van der Waals surface area contributed by atoms with Crippen molar-refractivity contribution in [3.05, 3.63) is 23.8 Å². The molecule has 0 atom stereocenters. The predicted octanol–water partition coefficient (Wildman–Crippen LogP) is 2.02. The Morgan fingerprint density at radius 2 is 1.94 bits per heavy atom. The Labute approximate surface area is 101 Å². The maximum absolute atomic E-state index is 4.59. The van der Waals surface area contributed by atoms with E-state index in [1.807, 2.05) is 27.1 Å². The van der Waals surface area contributed by atoms with Crippen LogP contribution in [-0.2, 0) is 6.54 Å². The van der Waals surface area contributed by atoms with E-state index in [1.54, 1.807) is 6.20 Å². The minimum Gasteiger partial charge on any atom is -0.371 e. The van der Waals surface area contributed by atoms with Gasteiger partial charge in [-0.25, -0.2) is 15.0 Å². The number of anilines is 1. The Morgan fingerprint density at radius 1 is 1.24 bits per heavy atom. The highest BCUT2D eigenvalue weighted by atomic mass is 15.1. The number of aromatic nitrogens is 4. The molecule has 90 valence electrons. The summed E-state index contributed by atoms with van der Waals surface area (Å²) in [4.78, 5) is 13.4. The van der Waals surface area contributed by atoms with Crippen LogP contribution in [0.4, 0.5) is 5.82 Å². The Kier molecular flexibility index (Phi) is 3.08. The van der Waals surface area contributed by atoms with E-state index < -0.39 is 0 Å².